The number of rotatable bonds is 7. The van der Waals surface area contributed by atoms with Crippen LogP contribution in [0.5, 0.6) is 11.5 Å². The smallest absolute Gasteiger partial charge is 0.326 e. The molecule has 0 bridgehead atoms. The van der Waals surface area contributed by atoms with Crippen LogP contribution in [-0.2, 0) is 20.9 Å². The molecular weight excluding hydrogens is 376 g/mol. The fourth-order valence-corrected chi connectivity index (χ4v) is 2.72. The molecule has 0 radical (unpaired) electrons. The summed E-state index contributed by atoms with van der Waals surface area (Å²) in [4.78, 5) is 36.1. The van der Waals surface area contributed by atoms with E-state index < -0.39 is 18.0 Å². The van der Waals surface area contributed by atoms with E-state index in [4.69, 9.17) is 14.2 Å². The van der Waals surface area contributed by atoms with Crippen molar-refractivity contribution in [2.24, 2.45) is 0 Å². The van der Waals surface area contributed by atoms with Crippen molar-refractivity contribution in [1.82, 2.24) is 10.6 Å². The van der Waals surface area contributed by atoms with Crippen LogP contribution in [0.4, 0.5) is 0 Å². The lowest BCUT2D eigenvalue weighted by atomic mass is 10.1. The lowest BCUT2D eigenvalue weighted by Crippen LogP contribution is -2.38. The highest BCUT2D eigenvalue weighted by molar-refractivity contribution is 5.96. The maximum atomic E-state index is 12.2. The van der Waals surface area contributed by atoms with Crippen LogP contribution in [0.3, 0.4) is 0 Å². The molecule has 0 saturated heterocycles. The summed E-state index contributed by atoms with van der Waals surface area (Å²) in [5.74, 6) is -0.237. The van der Waals surface area contributed by atoms with Crippen LogP contribution in [0.15, 0.2) is 42.5 Å². The zero-order valence-electron chi connectivity index (χ0n) is 16.2. The van der Waals surface area contributed by atoms with Gasteiger partial charge in [0.05, 0.1) is 0 Å². The molecule has 8 heteroatoms. The third-order valence-electron chi connectivity index (χ3n) is 4.25. The zero-order chi connectivity index (χ0) is 20.8. The minimum atomic E-state index is -0.993. The van der Waals surface area contributed by atoms with Crippen molar-refractivity contribution < 1.29 is 28.6 Å². The van der Waals surface area contributed by atoms with Crippen LogP contribution in [0.25, 0.3) is 0 Å². The number of carbonyl (C=O) groups excluding carboxylic acids is 3. The summed E-state index contributed by atoms with van der Waals surface area (Å²) in [6.45, 7) is 3.44. The highest BCUT2D eigenvalue weighted by Crippen LogP contribution is 2.32. The Morgan fingerprint density at radius 1 is 1.07 bits per heavy atom. The Balaban J connectivity index is 1.41. The first-order valence-electron chi connectivity index (χ1n) is 9.13. The second-order valence-electron chi connectivity index (χ2n) is 6.59. The fourth-order valence-electron chi connectivity index (χ4n) is 2.72. The molecule has 1 aliphatic heterocycles. The van der Waals surface area contributed by atoms with Gasteiger partial charge in [0.15, 0.2) is 17.6 Å². The maximum absolute atomic E-state index is 12.2. The summed E-state index contributed by atoms with van der Waals surface area (Å²) in [5.41, 5.74) is 2.21. The highest BCUT2D eigenvalue weighted by atomic mass is 16.7. The summed E-state index contributed by atoms with van der Waals surface area (Å²) < 4.78 is 15.6. The van der Waals surface area contributed by atoms with Crippen LogP contribution in [0, 0.1) is 6.92 Å². The third-order valence-corrected chi connectivity index (χ3v) is 4.25. The molecule has 8 nitrogen and oxygen atoms in total. The largest absolute Gasteiger partial charge is 0.454 e. The molecule has 1 aliphatic rings. The number of benzene rings is 2. The lowest BCUT2D eigenvalue weighted by molar-refractivity contribution is -0.153. The average molecular weight is 398 g/mol. The summed E-state index contributed by atoms with van der Waals surface area (Å²) >= 11 is 0. The minimum Gasteiger partial charge on any atom is -0.454 e. The number of esters is 1. The Morgan fingerprint density at radius 3 is 2.66 bits per heavy atom. The normalized spacial score (nSPS) is 12.8. The maximum Gasteiger partial charge on any atom is 0.326 e. The van der Waals surface area contributed by atoms with Gasteiger partial charge in [-0.05, 0) is 43.7 Å². The molecule has 29 heavy (non-hydrogen) atoms. The van der Waals surface area contributed by atoms with E-state index in [1.54, 1.807) is 30.3 Å². The zero-order valence-corrected chi connectivity index (χ0v) is 16.2. The van der Waals surface area contributed by atoms with Crippen molar-refractivity contribution in [3.63, 3.8) is 0 Å². The Hall–Kier alpha value is -3.55. The number of ether oxygens (including phenoxy) is 3. The first kappa shape index (κ1) is 20.2. The van der Waals surface area contributed by atoms with Crippen LogP contribution in [0.1, 0.15) is 28.4 Å². The number of hydrogen-bond donors (Lipinski definition) is 2. The molecule has 2 amide bonds. The number of carbonyl (C=O) groups is 3. The van der Waals surface area contributed by atoms with Gasteiger partial charge in [-0.15, -0.1) is 0 Å². The van der Waals surface area contributed by atoms with Gasteiger partial charge >= 0.3 is 5.97 Å². The monoisotopic (exact) mass is 398 g/mol. The van der Waals surface area contributed by atoms with E-state index in [1.807, 2.05) is 19.1 Å². The van der Waals surface area contributed by atoms with Crippen molar-refractivity contribution >= 4 is 17.8 Å². The number of fused-ring (bicyclic) bond motifs is 1. The van der Waals surface area contributed by atoms with Gasteiger partial charge in [-0.2, -0.15) is 0 Å². The third kappa shape index (κ3) is 5.47. The molecule has 0 fully saturated rings. The number of aryl methyl sites for hydroxylation is 1. The average Bonchev–Trinajstić information content (AvgIpc) is 3.18. The lowest BCUT2D eigenvalue weighted by Gasteiger charge is -2.14. The molecule has 3 rings (SSSR count). The summed E-state index contributed by atoms with van der Waals surface area (Å²) in [6.07, 6.45) is -0.993. The first-order chi connectivity index (χ1) is 13.9. The van der Waals surface area contributed by atoms with Crippen molar-refractivity contribution in [2.75, 3.05) is 13.3 Å². The van der Waals surface area contributed by atoms with Crippen LogP contribution in [-0.4, -0.2) is 37.2 Å². The molecule has 0 aliphatic carbocycles. The predicted octanol–water partition coefficient (Wildman–Crippen LogP) is 1.70. The topological polar surface area (TPSA) is 103 Å². The quantitative estimate of drug-likeness (QED) is 0.688. The molecule has 152 valence electrons. The molecule has 2 aromatic rings. The van der Waals surface area contributed by atoms with Crippen molar-refractivity contribution in [1.29, 1.82) is 0 Å². The van der Waals surface area contributed by atoms with Crippen molar-refractivity contribution in [3.05, 3.63) is 59.2 Å². The van der Waals surface area contributed by atoms with Crippen LogP contribution >= 0.6 is 0 Å². The number of amides is 2. The van der Waals surface area contributed by atoms with E-state index in [0.717, 1.165) is 11.1 Å². The van der Waals surface area contributed by atoms with Gasteiger partial charge in [-0.25, -0.2) is 0 Å². The van der Waals surface area contributed by atoms with Crippen molar-refractivity contribution in [2.45, 2.75) is 26.5 Å². The summed E-state index contributed by atoms with van der Waals surface area (Å²) in [7, 11) is 0. The Morgan fingerprint density at radius 2 is 1.86 bits per heavy atom. The standard InChI is InChI=1S/C21H22N2O6/c1-13-4-3-5-16(8-13)21(26)23-11-19(24)29-14(2)20(25)22-10-15-6-7-17-18(9-15)28-12-27-17/h3-9,14H,10-12H2,1-2H3,(H,22,25)(H,23,26)/t14-/m0/s1. The van der Waals surface area contributed by atoms with E-state index in [1.165, 1.54) is 6.92 Å². The molecule has 0 spiro atoms. The highest BCUT2D eigenvalue weighted by Gasteiger charge is 2.19. The number of hydrogen-bond acceptors (Lipinski definition) is 6. The van der Waals surface area contributed by atoms with Crippen molar-refractivity contribution in [3.8, 4) is 11.5 Å². The minimum absolute atomic E-state index is 0.179. The van der Waals surface area contributed by atoms with E-state index in [9.17, 15) is 14.4 Å². The number of nitrogens with one attached hydrogen (secondary N) is 2. The van der Waals surface area contributed by atoms with Gasteiger partial charge in [0.2, 0.25) is 6.79 Å². The molecule has 0 saturated carbocycles. The van der Waals surface area contributed by atoms with Gasteiger partial charge in [-0.1, -0.05) is 23.8 Å². The fraction of sp³-hybridized carbons (Fsp3) is 0.286. The summed E-state index contributed by atoms with van der Waals surface area (Å²) in [5, 5.41) is 5.17. The molecular formula is C21H22N2O6. The van der Waals surface area contributed by atoms with E-state index in [2.05, 4.69) is 10.6 Å². The molecule has 0 unspecified atom stereocenters. The second kappa shape index (κ2) is 9.09. The van der Waals surface area contributed by atoms with Gasteiger partial charge in [0.1, 0.15) is 6.54 Å². The Bertz CT molecular complexity index is 927. The van der Waals surface area contributed by atoms with E-state index in [0.29, 0.717) is 17.1 Å². The van der Waals surface area contributed by atoms with Crippen LogP contribution < -0.4 is 20.1 Å². The van der Waals surface area contributed by atoms with Crippen LogP contribution in [0.2, 0.25) is 0 Å². The second-order valence-corrected chi connectivity index (χ2v) is 6.59. The molecule has 2 aromatic carbocycles. The molecule has 1 heterocycles. The molecule has 0 aromatic heterocycles. The van der Waals surface area contributed by atoms with E-state index in [-0.39, 0.29) is 25.8 Å². The Kier molecular flexibility index (Phi) is 6.33. The SMILES string of the molecule is Cc1cccc(C(=O)NCC(=O)O[C@@H](C)C(=O)NCc2ccc3c(c2)OCO3)c1. The van der Waals surface area contributed by atoms with Gasteiger partial charge in [0.25, 0.3) is 11.8 Å². The van der Waals surface area contributed by atoms with Gasteiger partial charge in [0, 0.05) is 12.1 Å². The summed E-state index contributed by atoms with van der Waals surface area (Å²) in [6, 6.07) is 12.4. The van der Waals surface area contributed by atoms with E-state index >= 15 is 0 Å². The molecule has 1 atom stereocenters. The predicted molar refractivity (Wildman–Crippen MR) is 103 cm³/mol. The first-order valence-corrected chi connectivity index (χ1v) is 9.13. The molecule has 2 N–H and O–H groups in total. The van der Waals surface area contributed by atoms with Gasteiger partial charge < -0.3 is 24.8 Å². The Labute approximate surface area is 168 Å². The van der Waals surface area contributed by atoms with Gasteiger partial charge in [-0.3, -0.25) is 14.4 Å².